The highest BCUT2D eigenvalue weighted by molar-refractivity contribution is 6.48. The molecule has 0 bridgehead atoms. The number of carbonyl (C=O) groups is 3. The van der Waals surface area contributed by atoms with Gasteiger partial charge >= 0.3 is 5.97 Å². The number of aromatic amines is 2. The van der Waals surface area contributed by atoms with Crippen molar-refractivity contribution >= 4 is 50.5 Å². The molecule has 2 heterocycles. The maximum absolute atomic E-state index is 13.3. The molecule has 5 rings (SSSR count). The topological polar surface area (TPSA) is 143 Å². The Morgan fingerprint density at radius 1 is 0.750 bits per heavy atom. The fourth-order valence-corrected chi connectivity index (χ4v) is 4.30. The third-order valence-electron chi connectivity index (χ3n) is 5.67. The summed E-state index contributed by atoms with van der Waals surface area (Å²) in [6.07, 6.45) is 0. The largest absolute Gasteiger partial charge is 0.504 e. The number of hydrogen-bond acceptors (Lipinski definition) is 5. The number of aryl methyl sites for hydroxylation is 1. The fraction of sp³-hybridized carbons (Fsp3) is 0.0417. The summed E-state index contributed by atoms with van der Waals surface area (Å²) in [4.78, 5) is 44.1. The molecule has 0 spiro atoms. The number of hydrogen-bond donors (Lipinski definition) is 5. The number of aromatic carboxylic acids is 1. The second-order valence-electron chi connectivity index (χ2n) is 7.50. The van der Waals surface area contributed by atoms with Crippen molar-refractivity contribution < 1.29 is 29.7 Å². The number of allylic oxidation sites excluding steroid dienone is 2. The molecule has 1 aliphatic carbocycles. The monoisotopic (exact) mass is 428 g/mol. The molecule has 8 nitrogen and oxygen atoms in total. The van der Waals surface area contributed by atoms with Crippen LogP contribution in [0, 0.1) is 6.92 Å². The number of aliphatic hydroxyl groups is 2. The lowest BCUT2D eigenvalue weighted by Crippen LogP contribution is -2.23. The Morgan fingerprint density at radius 2 is 1.22 bits per heavy atom. The van der Waals surface area contributed by atoms with Crippen LogP contribution in [0.15, 0.2) is 60.0 Å². The minimum atomic E-state index is -1.38. The van der Waals surface area contributed by atoms with Crippen molar-refractivity contribution in [3.05, 3.63) is 82.6 Å². The SMILES string of the molecule is Cc1[nH]c2ccccc2c1C1=C(O)C(=O)C(c2c(C(=O)O)[nH]c3ccccc23)=C(O)C1=O. The number of carbonyl (C=O) groups excluding carboxylic acids is 2. The molecule has 8 heteroatoms. The molecular weight excluding hydrogens is 412 g/mol. The maximum Gasteiger partial charge on any atom is 0.352 e. The van der Waals surface area contributed by atoms with Crippen molar-refractivity contribution in [1.29, 1.82) is 0 Å². The lowest BCUT2D eigenvalue weighted by molar-refractivity contribution is -0.116. The molecule has 1 aliphatic rings. The summed E-state index contributed by atoms with van der Waals surface area (Å²) in [6, 6.07) is 13.5. The van der Waals surface area contributed by atoms with Crippen molar-refractivity contribution in [2.24, 2.45) is 0 Å². The predicted octanol–water partition coefficient (Wildman–Crippen LogP) is 4.05. The van der Waals surface area contributed by atoms with E-state index in [2.05, 4.69) is 9.97 Å². The highest BCUT2D eigenvalue weighted by Crippen LogP contribution is 2.40. The second kappa shape index (κ2) is 6.71. The lowest BCUT2D eigenvalue weighted by Gasteiger charge is -2.18. The standard InChI is InChI=1S/C24H16N2O6/c1-10-15(11-6-2-4-8-13(11)25-10)17-20(27)22(29)18(23(30)21(17)28)16-12-7-3-5-9-14(12)26-19(16)24(31)32/h2-9,25-27,30H,1H3,(H,31,32). The molecule has 0 atom stereocenters. The molecular formula is C24H16N2O6. The number of H-pyrrole nitrogens is 2. The van der Waals surface area contributed by atoms with Gasteiger partial charge in [0.1, 0.15) is 5.69 Å². The highest BCUT2D eigenvalue weighted by Gasteiger charge is 2.40. The van der Waals surface area contributed by atoms with Crippen LogP contribution in [-0.2, 0) is 9.59 Å². The number of fused-ring (bicyclic) bond motifs is 2. The summed E-state index contributed by atoms with van der Waals surface area (Å²) in [5.74, 6) is -5.14. The second-order valence-corrected chi connectivity index (χ2v) is 7.50. The van der Waals surface area contributed by atoms with Crippen LogP contribution >= 0.6 is 0 Å². The zero-order chi connectivity index (χ0) is 22.7. The number of nitrogens with one attached hydrogen (secondary N) is 2. The van der Waals surface area contributed by atoms with Gasteiger partial charge in [-0.05, 0) is 19.1 Å². The summed E-state index contributed by atoms with van der Waals surface area (Å²) >= 11 is 0. The Hall–Kier alpha value is -4.59. The first-order valence-corrected chi connectivity index (χ1v) is 9.69. The molecule has 158 valence electrons. The number of carboxylic acids is 1. The van der Waals surface area contributed by atoms with E-state index >= 15 is 0 Å². The molecule has 0 unspecified atom stereocenters. The first kappa shape index (κ1) is 19.4. The van der Waals surface area contributed by atoms with Gasteiger partial charge in [0.15, 0.2) is 11.5 Å². The zero-order valence-corrected chi connectivity index (χ0v) is 16.7. The van der Waals surface area contributed by atoms with Crippen LogP contribution in [0.25, 0.3) is 33.0 Å². The average Bonchev–Trinajstić information content (AvgIpc) is 3.31. The molecule has 0 saturated heterocycles. The quantitative estimate of drug-likeness (QED) is 0.312. The lowest BCUT2D eigenvalue weighted by atomic mass is 9.84. The Morgan fingerprint density at radius 3 is 1.78 bits per heavy atom. The Balaban J connectivity index is 1.78. The van der Waals surface area contributed by atoms with E-state index < -0.39 is 34.6 Å². The summed E-state index contributed by atoms with van der Waals surface area (Å²) in [5, 5.41) is 32.3. The van der Waals surface area contributed by atoms with E-state index in [0.717, 1.165) is 0 Å². The number of benzene rings is 2. The van der Waals surface area contributed by atoms with Crippen LogP contribution in [0.2, 0.25) is 0 Å². The number of aliphatic hydroxyl groups excluding tert-OH is 2. The van der Waals surface area contributed by atoms with Crippen molar-refractivity contribution in [2.75, 3.05) is 0 Å². The van der Waals surface area contributed by atoms with Crippen molar-refractivity contribution in [3.8, 4) is 0 Å². The van der Waals surface area contributed by atoms with Gasteiger partial charge in [-0.2, -0.15) is 0 Å². The Labute approximate surface area is 180 Å². The molecule has 0 aliphatic heterocycles. The third-order valence-corrected chi connectivity index (χ3v) is 5.67. The number of Topliss-reactive ketones (excluding diaryl/α,β-unsaturated/α-hetero) is 2. The Bertz CT molecular complexity index is 1560. The molecule has 0 amide bonds. The fourth-order valence-electron chi connectivity index (χ4n) is 4.30. The van der Waals surface area contributed by atoms with E-state index in [1.807, 2.05) is 0 Å². The van der Waals surface area contributed by atoms with Gasteiger partial charge in [-0.3, -0.25) is 9.59 Å². The number of carboxylic acid groups (broad SMARTS) is 1. The summed E-state index contributed by atoms with van der Waals surface area (Å²) in [5.41, 5.74) is 0.537. The third kappa shape index (κ3) is 2.53. The maximum atomic E-state index is 13.3. The van der Waals surface area contributed by atoms with Gasteiger partial charge in [0.05, 0.1) is 11.1 Å². The van der Waals surface area contributed by atoms with Gasteiger partial charge in [-0.25, -0.2) is 4.79 Å². The molecule has 4 aromatic rings. The van der Waals surface area contributed by atoms with E-state index in [1.54, 1.807) is 55.5 Å². The average molecular weight is 428 g/mol. The number of rotatable bonds is 3. The van der Waals surface area contributed by atoms with Gasteiger partial charge in [-0.1, -0.05) is 36.4 Å². The minimum Gasteiger partial charge on any atom is -0.504 e. The summed E-state index contributed by atoms with van der Waals surface area (Å²) in [6.45, 7) is 1.69. The number of aromatic nitrogens is 2. The van der Waals surface area contributed by atoms with Gasteiger partial charge in [0.25, 0.3) is 0 Å². The van der Waals surface area contributed by atoms with Crippen LogP contribution in [0.3, 0.4) is 0 Å². The van der Waals surface area contributed by atoms with E-state index in [9.17, 15) is 29.7 Å². The normalized spacial score (nSPS) is 14.8. The highest BCUT2D eigenvalue weighted by atomic mass is 16.4. The molecule has 2 aromatic carbocycles. The van der Waals surface area contributed by atoms with Gasteiger partial charge in [0.2, 0.25) is 11.6 Å². The van der Waals surface area contributed by atoms with Crippen molar-refractivity contribution in [1.82, 2.24) is 9.97 Å². The Kier molecular flexibility index (Phi) is 4.06. The molecule has 5 N–H and O–H groups in total. The predicted molar refractivity (Wildman–Crippen MR) is 117 cm³/mol. The van der Waals surface area contributed by atoms with Crippen LogP contribution in [0.5, 0.6) is 0 Å². The molecule has 0 fully saturated rings. The first-order valence-electron chi connectivity index (χ1n) is 9.69. The van der Waals surface area contributed by atoms with Gasteiger partial charge in [-0.15, -0.1) is 0 Å². The number of para-hydroxylation sites is 2. The summed E-state index contributed by atoms with van der Waals surface area (Å²) < 4.78 is 0. The molecule has 0 radical (unpaired) electrons. The van der Waals surface area contributed by atoms with Gasteiger partial charge in [0, 0.05) is 38.6 Å². The smallest absolute Gasteiger partial charge is 0.352 e. The summed E-state index contributed by atoms with van der Waals surface area (Å²) in [7, 11) is 0. The van der Waals surface area contributed by atoms with E-state index in [-0.39, 0.29) is 16.8 Å². The van der Waals surface area contributed by atoms with Crippen LogP contribution < -0.4 is 0 Å². The van der Waals surface area contributed by atoms with Crippen molar-refractivity contribution in [2.45, 2.75) is 6.92 Å². The van der Waals surface area contributed by atoms with Crippen LogP contribution in [0.4, 0.5) is 0 Å². The zero-order valence-electron chi connectivity index (χ0n) is 16.7. The van der Waals surface area contributed by atoms with Crippen LogP contribution in [-0.4, -0.2) is 42.8 Å². The molecule has 2 aromatic heterocycles. The first-order chi connectivity index (χ1) is 15.3. The van der Waals surface area contributed by atoms with Crippen LogP contribution in [0.1, 0.15) is 27.3 Å². The van der Waals surface area contributed by atoms with E-state index in [4.69, 9.17) is 0 Å². The van der Waals surface area contributed by atoms with E-state index in [0.29, 0.717) is 33.1 Å². The molecule has 0 saturated carbocycles. The molecule has 32 heavy (non-hydrogen) atoms. The van der Waals surface area contributed by atoms with E-state index in [1.165, 1.54) is 0 Å². The van der Waals surface area contributed by atoms with Crippen molar-refractivity contribution in [3.63, 3.8) is 0 Å². The minimum absolute atomic E-state index is 0.148. The van der Waals surface area contributed by atoms with Gasteiger partial charge < -0.3 is 25.3 Å². The number of ketones is 2.